The lowest BCUT2D eigenvalue weighted by atomic mass is 10.0. The van der Waals surface area contributed by atoms with Crippen molar-refractivity contribution >= 4 is 16.9 Å². The Morgan fingerprint density at radius 1 is 1.33 bits per heavy atom. The molecule has 0 unspecified atom stereocenters. The predicted octanol–water partition coefficient (Wildman–Crippen LogP) is 2.78. The van der Waals surface area contributed by atoms with Gasteiger partial charge in [-0.3, -0.25) is 4.79 Å². The Morgan fingerprint density at radius 3 is 2.67 bits per heavy atom. The van der Waals surface area contributed by atoms with E-state index < -0.39 is 0 Å². The number of rotatable bonds is 2. The minimum absolute atomic E-state index is 0.00144. The lowest BCUT2D eigenvalue weighted by molar-refractivity contribution is 0.0757. The van der Waals surface area contributed by atoms with Crippen LogP contribution in [0, 0.1) is 26.7 Å². The highest BCUT2D eigenvalue weighted by Crippen LogP contribution is 2.32. The van der Waals surface area contributed by atoms with Gasteiger partial charge < -0.3 is 15.1 Å². The first-order valence-corrected chi connectivity index (χ1v) is 7.51. The maximum absolute atomic E-state index is 12.7. The van der Waals surface area contributed by atoms with E-state index in [-0.39, 0.29) is 5.91 Å². The number of nitrogens with zero attached hydrogens (tertiary/aromatic N) is 1. The Hall–Kier alpha value is -1.81. The molecule has 1 aromatic carbocycles. The molecule has 0 bridgehead atoms. The van der Waals surface area contributed by atoms with E-state index in [9.17, 15) is 4.79 Å². The van der Waals surface area contributed by atoms with Gasteiger partial charge in [0.1, 0.15) is 5.58 Å². The van der Waals surface area contributed by atoms with Crippen molar-refractivity contribution < 1.29 is 9.21 Å². The molecule has 1 aliphatic heterocycles. The van der Waals surface area contributed by atoms with Gasteiger partial charge in [0.25, 0.3) is 5.91 Å². The molecule has 0 spiro atoms. The number of benzene rings is 1. The van der Waals surface area contributed by atoms with E-state index in [1.165, 1.54) is 0 Å². The highest BCUT2D eigenvalue weighted by molar-refractivity contribution is 6.00. The lowest BCUT2D eigenvalue weighted by Crippen LogP contribution is -2.30. The number of hydrogen-bond acceptors (Lipinski definition) is 3. The number of carbonyl (C=O) groups is 1. The van der Waals surface area contributed by atoms with Crippen molar-refractivity contribution in [3.05, 3.63) is 34.6 Å². The third-order valence-corrected chi connectivity index (χ3v) is 4.58. The molecule has 1 fully saturated rings. The molecule has 3 rings (SSSR count). The van der Waals surface area contributed by atoms with Crippen molar-refractivity contribution in [1.82, 2.24) is 4.90 Å². The Bertz CT molecular complexity index is 702. The van der Waals surface area contributed by atoms with Gasteiger partial charge in [0, 0.05) is 24.0 Å². The molecule has 112 valence electrons. The van der Waals surface area contributed by atoms with E-state index in [2.05, 4.69) is 13.0 Å². The van der Waals surface area contributed by atoms with E-state index in [0.29, 0.717) is 18.2 Å². The summed E-state index contributed by atoms with van der Waals surface area (Å²) in [5.74, 6) is 0.903. The van der Waals surface area contributed by atoms with Gasteiger partial charge in [-0.15, -0.1) is 0 Å². The smallest absolute Gasteiger partial charge is 0.289 e. The molecule has 0 saturated carbocycles. The zero-order valence-electron chi connectivity index (χ0n) is 12.9. The standard InChI is InChI=1S/C17H22N2O2/c1-10-4-5-11(2)15-14(10)12(3)16(21-15)17(20)19-7-6-13(8-18)9-19/h4-5,13H,6-9,18H2,1-3H3/t13-/m0/s1. The summed E-state index contributed by atoms with van der Waals surface area (Å²) in [6.45, 7) is 8.19. The second kappa shape index (κ2) is 5.19. The Morgan fingerprint density at radius 2 is 2.05 bits per heavy atom. The van der Waals surface area contributed by atoms with Crippen LogP contribution in [0.4, 0.5) is 0 Å². The summed E-state index contributed by atoms with van der Waals surface area (Å²) in [4.78, 5) is 14.6. The second-order valence-electron chi connectivity index (χ2n) is 6.10. The number of likely N-dealkylation sites (tertiary alicyclic amines) is 1. The molecular weight excluding hydrogens is 264 g/mol. The van der Waals surface area contributed by atoms with Crippen molar-refractivity contribution in [2.75, 3.05) is 19.6 Å². The van der Waals surface area contributed by atoms with Gasteiger partial charge in [-0.05, 0) is 50.8 Å². The zero-order valence-corrected chi connectivity index (χ0v) is 12.9. The van der Waals surface area contributed by atoms with Crippen LogP contribution in [0.2, 0.25) is 0 Å². The SMILES string of the molecule is Cc1ccc(C)c2c(C)c(C(=O)N3CC[C@@H](CN)C3)oc12. The molecule has 4 heteroatoms. The molecule has 21 heavy (non-hydrogen) atoms. The molecule has 0 aliphatic carbocycles. The quantitative estimate of drug-likeness (QED) is 0.923. The first-order chi connectivity index (χ1) is 10.0. The monoisotopic (exact) mass is 286 g/mol. The van der Waals surface area contributed by atoms with E-state index in [1.807, 2.05) is 24.8 Å². The fourth-order valence-electron chi connectivity index (χ4n) is 3.23. The van der Waals surface area contributed by atoms with Gasteiger partial charge in [-0.2, -0.15) is 0 Å². The maximum atomic E-state index is 12.7. The summed E-state index contributed by atoms with van der Waals surface area (Å²) < 4.78 is 5.93. The topological polar surface area (TPSA) is 59.5 Å². The number of fused-ring (bicyclic) bond motifs is 1. The first-order valence-electron chi connectivity index (χ1n) is 7.51. The van der Waals surface area contributed by atoms with Crippen molar-refractivity contribution in [3.63, 3.8) is 0 Å². The largest absolute Gasteiger partial charge is 0.450 e. The van der Waals surface area contributed by atoms with Crippen LogP contribution >= 0.6 is 0 Å². The van der Waals surface area contributed by atoms with Gasteiger partial charge in [0.2, 0.25) is 0 Å². The van der Waals surface area contributed by atoms with Gasteiger partial charge in [0.05, 0.1) is 0 Å². The normalized spacial score (nSPS) is 18.7. The third-order valence-electron chi connectivity index (χ3n) is 4.58. The van der Waals surface area contributed by atoms with Gasteiger partial charge in [0.15, 0.2) is 5.76 Å². The number of hydrogen-bond donors (Lipinski definition) is 1. The highest BCUT2D eigenvalue weighted by atomic mass is 16.3. The van der Waals surface area contributed by atoms with E-state index in [1.54, 1.807) is 0 Å². The third kappa shape index (κ3) is 2.23. The summed E-state index contributed by atoms with van der Waals surface area (Å²) in [6, 6.07) is 4.12. The van der Waals surface area contributed by atoms with Crippen molar-refractivity contribution in [3.8, 4) is 0 Å². The van der Waals surface area contributed by atoms with E-state index in [4.69, 9.17) is 10.2 Å². The molecule has 2 N–H and O–H groups in total. The highest BCUT2D eigenvalue weighted by Gasteiger charge is 2.30. The number of carbonyl (C=O) groups excluding carboxylic acids is 1. The number of amides is 1. The van der Waals surface area contributed by atoms with Crippen LogP contribution in [-0.2, 0) is 0 Å². The molecule has 4 nitrogen and oxygen atoms in total. The van der Waals surface area contributed by atoms with Crippen LogP contribution in [0.25, 0.3) is 11.0 Å². The summed E-state index contributed by atoms with van der Waals surface area (Å²) in [5, 5.41) is 1.08. The fourth-order valence-corrected chi connectivity index (χ4v) is 3.23. The minimum atomic E-state index is -0.00144. The van der Waals surface area contributed by atoms with Crippen LogP contribution in [-0.4, -0.2) is 30.4 Å². The Kier molecular flexibility index (Phi) is 3.49. The number of nitrogens with two attached hydrogens (primary N) is 1. The van der Waals surface area contributed by atoms with Gasteiger partial charge >= 0.3 is 0 Å². The summed E-state index contributed by atoms with van der Waals surface area (Å²) in [6.07, 6.45) is 0.986. The van der Waals surface area contributed by atoms with Crippen LogP contribution < -0.4 is 5.73 Å². The first kappa shape index (κ1) is 14.1. The van der Waals surface area contributed by atoms with E-state index in [0.717, 1.165) is 47.2 Å². The average Bonchev–Trinajstić information content (AvgIpc) is 3.07. The van der Waals surface area contributed by atoms with Gasteiger partial charge in [-0.1, -0.05) is 12.1 Å². The molecule has 2 aromatic rings. The molecular formula is C17H22N2O2. The van der Waals surface area contributed by atoms with Crippen LogP contribution in [0.5, 0.6) is 0 Å². The number of furan rings is 1. The zero-order chi connectivity index (χ0) is 15.1. The summed E-state index contributed by atoms with van der Waals surface area (Å²) in [5.41, 5.74) is 9.71. The fraction of sp³-hybridized carbons (Fsp3) is 0.471. The van der Waals surface area contributed by atoms with Crippen molar-refractivity contribution in [2.45, 2.75) is 27.2 Å². The molecule has 1 saturated heterocycles. The molecule has 1 aliphatic rings. The summed E-state index contributed by atoms with van der Waals surface area (Å²) >= 11 is 0. The predicted molar refractivity (Wildman–Crippen MR) is 83.5 cm³/mol. The van der Waals surface area contributed by atoms with Crippen LogP contribution in [0.1, 0.15) is 33.7 Å². The minimum Gasteiger partial charge on any atom is -0.450 e. The molecule has 0 radical (unpaired) electrons. The molecule has 2 heterocycles. The summed E-state index contributed by atoms with van der Waals surface area (Å²) in [7, 11) is 0. The molecule has 1 atom stereocenters. The van der Waals surface area contributed by atoms with Crippen molar-refractivity contribution in [2.24, 2.45) is 11.7 Å². The molecule has 1 aromatic heterocycles. The van der Waals surface area contributed by atoms with Gasteiger partial charge in [-0.25, -0.2) is 0 Å². The Balaban J connectivity index is 2.01. The number of aryl methyl sites for hydroxylation is 3. The second-order valence-corrected chi connectivity index (χ2v) is 6.10. The Labute approximate surface area is 124 Å². The van der Waals surface area contributed by atoms with E-state index >= 15 is 0 Å². The molecule has 1 amide bonds. The van der Waals surface area contributed by atoms with Crippen LogP contribution in [0.3, 0.4) is 0 Å². The average molecular weight is 286 g/mol. The maximum Gasteiger partial charge on any atom is 0.289 e. The lowest BCUT2D eigenvalue weighted by Gasteiger charge is -2.14. The van der Waals surface area contributed by atoms with Crippen molar-refractivity contribution in [1.29, 1.82) is 0 Å². The van der Waals surface area contributed by atoms with Crippen LogP contribution in [0.15, 0.2) is 16.5 Å².